The van der Waals surface area contributed by atoms with Crippen LogP contribution < -0.4 is 5.32 Å². The van der Waals surface area contributed by atoms with Crippen molar-refractivity contribution in [2.75, 3.05) is 5.32 Å². The number of aromatic nitrogens is 3. The summed E-state index contributed by atoms with van der Waals surface area (Å²) < 4.78 is 0. The highest BCUT2D eigenvalue weighted by molar-refractivity contribution is 6.03. The van der Waals surface area contributed by atoms with Crippen molar-refractivity contribution in [3.63, 3.8) is 0 Å². The number of benzene rings is 1. The maximum atomic E-state index is 12.1. The van der Waals surface area contributed by atoms with Crippen molar-refractivity contribution in [3.05, 3.63) is 72.8 Å². The minimum absolute atomic E-state index is 0.207. The lowest BCUT2D eigenvalue weighted by molar-refractivity contribution is 0.102. The predicted octanol–water partition coefficient (Wildman–Crippen LogP) is 2.79. The Morgan fingerprint density at radius 1 is 0.905 bits per heavy atom. The number of hydrogen-bond donors (Lipinski definition) is 1. The van der Waals surface area contributed by atoms with Crippen LogP contribution in [-0.4, -0.2) is 20.9 Å². The first-order valence-electron chi connectivity index (χ1n) is 6.42. The minimum Gasteiger partial charge on any atom is -0.306 e. The van der Waals surface area contributed by atoms with Crippen molar-refractivity contribution in [1.29, 1.82) is 0 Å². The lowest BCUT2D eigenvalue weighted by Crippen LogP contribution is -2.12. The Balaban J connectivity index is 1.77. The van der Waals surface area contributed by atoms with E-state index in [4.69, 9.17) is 0 Å². The number of pyridine rings is 1. The molecule has 0 aliphatic carbocycles. The van der Waals surface area contributed by atoms with E-state index in [1.165, 1.54) is 6.33 Å². The van der Waals surface area contributed by atoms with Crippen molar-refractivity contribution in [3.8, 4) is 11.3 Å². The van der Waals surface area contributed by atoms with Crippen molar-refractivity contribution in [1.82, 2.24) is 15.0 Å². The smallest absolute Gasteiger partial charge is 0.256 e. The van der Waals surface area contributed by atoms with Gasteiger partial charge in [-0.25, -0.2) is 9.97 Å². The van der Waals surface area contributed by atoms with Crippen LogP contribution in [0.3, 0.4) is 0 Å². The maximum absolute atomic E-state index is 12.1. The van der Waals surface area contributed by atoms with Crippen LogP contribution >= 0.6 is 0 Å². The van der Waals surface area contributed by atoms with Gasteiger partial charge < -0.3 is 5.32 Å². The van der Waals surface area contributed by atoms with E-state index < -0.39 is 0 Å². The molecular weight excluding hydrogens is 264 g/mol. The molecule has 0 radical (unpaired) electrons. The van der Waals surface area contributed by atoms with Gasteiger partial charge in [0.05, 0.1) is 5.69 Å². The standard InChI is InChI=1S/C16H12N4O/c21-16(20-15-8-10-17-11-19-15)13-6-4-12(5-7-13)14-3-1-2-9-18-14/h1-11H,(H,17,19,20,21). The highest BCUT2D eigenvalue weighted by Crippen LogP contribution is 2.17. The zero-order valence-electron chi connectivity index (χ0n) is 11.1. The summed E-state index contributed by atoms with van der Waals surface area (Å²) in [5.74, 6) is 0.269. The second-order valence-corrected chi connectivity index (χ2v) is 4.34. The Bertz CT molecular complexity index is 727. The number of nitrogens with zero attached hydrogens (tertiary/aromatic N) is 3. The monoisotopic (exact) mass is 276 g/mol. The molecule has 3 rings (SSSR count). The van der Waals surface area contributed by atoms with Crippen LogP contribution in [0.1, 0.15) is 10.4 Å². The number of anilines is 1. The van der Waals surface area contributed by atoms with Crippen LogP contribution in [-0.2, 0) is 0 Å². The molecule has 0 aliphatic rings. The summed E-state index contributed by atoms with van der Waals surface area (Å²) in [5.41, 5.74) is 2.41. The normalized spacial score (nSPS) is 10.1. The van der Waals surface area contributed by atoms with Gasteiger partial charge in [0, 0.05) is 23.5 Å². The lowest BCUT2D eigenvalue weighted by atomic mass is 10.1. The Morgan fingerprint density at radius 3 is 2.43 bits per heavy atom. The Kier molecular flexibility index (Phi) is 3.64. The summed E-state index contributed by atoms with van der Waals surface area (Å²) in [5, 5.41) is 2.71. The third kappa shape index (κ3) is 3.09. The van der Waals surface area contributed by atoms with Crippen molar-refractivity contribution in [2.45, 2.75) is 0 Å². The Labute approximate surface area is 121 Å². The summed E-state index contributed by atoms with van der Waals surface area (Å²) in [6.07, 6.45) is 4.71. The fourth-order valence-electron chi connectivity index (χ4n) is 1.88. The summed E-state index contributed by atoms with van der Waals surface area (Å²) >= 11 is 0. The van der Waals surface area contributed by atoms with Gasteiger partial charge in [0.2, 0.25) is 0 Å². The molecule has 1 aromatic carbocycles. The summed E-state index contributed by atoms with van der Waals surface area (Å²) in [4.78, 5) is 24.1. The van der Waals surface area contributed by atoms with Gasteiger partial charge in [-0.2, -0.15) is 0 Å². The molecule has 1 amide bonds. The quantitative estimate of drug-likeness (QED) is 0.798. The largest absolute Gasteiger partial charge is 0.306 e. The average molecular weight is 276 g/mol. The van der Waals surface area contributed by atoms with E-state index in [0.717, 1.165) is 11.3 Å². The predicted molar refractivity (Wildman–Crippen MR) is 79.7 cm³/mol. The van der Waals surface area contributed by atoms with Gasteiger partial charge in [0.25, 0.3) is 5.91 Å². The highest BCUT2D eigenvalue weighted by Gasteiger charge is 2.07. The molecule has 3 aromatic rings. The van der Waals surface area contributed by atoms with Crippen molar-refractivity contribution < 1.29 is 4.79 Å². The van der Waals surface area contributed by atoms with Gasteiger partial charge in [-0.1, -0.05) is 18.2 Å². The molecule has 2 heterocycles. The van der Waals surface area contributed by atoms with Crippen molar-refractivity contribution in [2.24, 2.45) is 0 Å². The second-order valence-electron chi connectivity index (χ2n) is 4.34. The highest BCUT2D eigenvalue weighted by atomic mass is 16.1. The van der Waals surface area contributed by atoms with E-state index in [9.17, 15) is 4.79 Å². The molecule has 1 N–H and O–H groups in total. The number of hydrogen-bond acceptors (Lipinski definition) is 4. The topological polar surface area (TPSA) is 67.8 Å². The zero-order valence-corrected chi connectivity index (χ0v) is 11.1. The molecule has 0 spiro atoms. The molecule has 2 aromatic heterocycles. The minimum atomic E-state index is -0.207. The molecule has 0 bridgehead atoms. The molecule has 5 nitrogen and oxygen atoms in total. The lowest BCUT2D eigenvalue weighted by Gasteiger charge is -2.05. The van der Waals surface area contributed by atoms with E-state index in [1.54, 1.807) is 30.6 Å². The van der Waals surface area contributed by atoms with Gasteiger partial charge in [-0.15, -0.1) is 0 Å². The number of rotatable bonds is 3. The number of amides is 1. The summed E-state index contributed by atoms with van der Waals surface area (Å²) in [7, 11) is 0. The zero-order chi connectivity index (χ0) is 14.5. The maximum Gasteiger partial charge on any atom is 0.256 e. The first-order valence-corrected chi connectivity index (χ1v) is 6.42. The third-order valence-electron chi connectivity index (χ3n) is 2.93. The molecule has 5 heteroatoms. The molecule has 0 atom stereocenters. The molecule has 102 valence electrons. The van der Waals surface area contributed by atoms with Crippen LogP contribution in [0.15, 0.2) is 67.3 Å². The molecule has 0 aliphatic heterocycles. The Hall–Kier alpha value is -3.08. The van der Waals surface area contributed by atoms with Gasteiger partial charge in [-0.3, -0.25) is 9.78 Å². The second kappa shape index (κ2) is 5.92. The first-order chi connectivity index (χ1) is 10.3. The number of carbonyl (C=O) groups is 1. The molecular formula is C16H12N4O. The Morgan fingerprint density at radius 2 is 1.76 bits per heavy atom. The molecule has 0 saturated heterocycles. The van der Waals surface area contributed by atoms with E-state index in [0.29, 0.717) is 11.4 Å². The van der Waals surface area contributed by atoms with E-state index in [2.05, 4.69) is 20.3 Å². The fraction of sp³-hybridized carbons (Fsp3) is 0. The SMILES string of the molecule is O=C(Nc1ccncn1)c1ccc(-c2ccccn2)cc1. The third-order valence-corrected chi connectivity index (χ3v) is 2.93. The molecule has 0 saturated carbocycles. The van der Waals surface area contributed by atoms with E-state index in [-0.39, 0.29) is 5.91 Å². The van der Waals surface area contributed by atoms with E-state index >= 15 is 0 Å². The van der Waals surface area contributed by atoms with Gasteiger partial charge >= 0.3 is 0 Å². The van der Waals surface area contributed by atoms with Crippen LogP contribution in [0.5, 0.6) is 0 Å². The van der Waals surface area contributed by atoms with Crippen molar-refractivity contribution >= 4 is 11.7 Å². The molecule has 0 unspecified atom stereocenters. The van der Waals surface area contributed by atoms with Gasteiger partial charge in [-0.05, 0) is 30.3 Å². The van der Waals surface area contributed by atoms with Crippen LogP contribution in [0.4, 0.5) is 5.82 Å². The number of nitrogens with one attached hydrogen (secondary N) is 1. The van der Waals surface area contributed by atoms with Gasteiger partial charge in [0.1, 0.15) is 12.1 Å². The van der Waals surface area contributed by atoms with E-state index in [1.807, 2.05) is 30.3 Å². The van der Waals surface area contributed by atoms with Crippen LogP contribution in [0, 0.1) is 0 Å². The average Bonchev–Trinajstić information content (AvgIpc) is 2.57. The van der Waals surface area contributed by atoms with Gasteiger partial charge in [0.15, 0.2) is 0 Å². The summed E-state index contributed by atoms with van der Waals surface area (Å²) in [6, 6.07) is 14.6. The summed E-state index contributed by atoms with van der Waals surface area (Å²) in [6.45, 7) is 0. The number of carbonyl (C=O) groups excluding carboxylic acids is 1. The molecule has 21 heavy (non-hydrogen) atoms. The molecule has 0 fully saturated rings. The van der Waals surface area contributed by atoms with Crippen LogP contribution in [0.2, 0.25) is 0 Å². The van der Waals surface area contributed by atoms with Crippen LogP contribution in [0.25, 0.3) is 11.3 Å². The first kappa shape index (κ1) is 12.9. The fourth-order valence-corrected chi connectivity index (χ4v) is 1.88.